The zero-order valence-corrected chi connectivity index (χ0v) is 22.6. The van der Waals surface area contributed by atoms with E-state index < -0.39 is 0 Å². The third-order valence-corrected chi connectivity index (χ3v) is 7.65. The van der Waals surface area contributed by atoms with Gasteiger partial charge in [0.25, 0.3) is 0 Å². The topological polar surface area (TPSA) is 49.5 Å². The van der Waals surface area contributed by atoms with E-state index in [9.17, 15) is 0 Å². The van der Waals surface area contributed by atoms with Crippen LogP contribution in [0, 0.1) is 5.92 Å². The maximum Gasteiger partial charge on any atom is 0.115 e. The third-order valence-electron chi connectivity index (χ3n) is 7.65. The van der Waals surface area contributed by atoms with Crippen LogP contribution in [0.15, 0.2) is 121 Å². The first kappa shape index (κ1) is 26.9. The molecule has 206 valence electrons. The second kappa shape index (κ2) is 13.4. The third kappa shape index (κ3) is 6.87. The van der Waals surface area contributed by atoms with Crippen LogP contribution in [0.4, 0.5) is 0 Å². The molecule has 40 heavy (non-hydrogen) atoms. The Morgan fingerprint density at radius 1 is 0.425 bits per heavy atom. The molecular formula is C35H36O5. The molecule has 0 N–H and O–H groups in total. The van der Waals surface area contributed by atoms with Gasteiger partial charge >= 0.3 is 0 Å². The highest BCUT2D eigenvalue weighted by atomic mass is 16.6. The molecular weight excluding hydrogens is 500 g/mol. The second-order valence-corrected chi connectivity index (χ2v) is 10.5. The molecule has 4 aromatic carbocycles. The van der Waals surface area contributed by atoms with Crippen molar-refractivity contribution in [2.24, 2.45) is 5.92 Å². The normalized spacial score (nSPS) is 25.3. The maximum absolute atomic E-state index is 6.70. The Bertz CT molecular complexity index is 1280. The summed E-state index contributed by atoms with van der Waals surface area (Å²) in [7, 11) is 0. The van der Waals surface area contributed by atoms with Gasteiger partial charge in [-0.15, -0.1) is 0 Å². The molecule has 5 nitrogen and oxygen atoms in total. The SMILES string of the molecule is c1ccc(COC[C@H]2[C@H]3O[C@H]3[C@H](OCc3ccccc3)[C@@H](OCc3ccccc3)[C@H]2OCc2ccccc2)cc1. The van der Waals surface area contributed by atoms with E-state index in [4.69, 9.17) is 23.7 Å². The van der Waals surface area contributed by atoms with Gasteiger partial charge in [0.05, 0.1) is 45.2 Å². The van der Waals surface area contributed by atoms with Gasteiger partial charge in [0.15, 0.2) is 0 Å². The first-order valence-electron chi connectivity index (χ1n) is 14.1. The van der Waals surface area contributed by atoms with E-state index in [0.29, 0.717) is 33.0 Å². The monoisotopic (exact) mass is 536 g/mol. The fraction of sp³-hybridized carbons (Fsp3) is 0.314. The van der Waals surface area contributed by atoms with Gasteiger partial charge in [-0.05, 0) is 22.3 Å². The van der Waals surface area contributed by atoms with Crippen LogP contribution >= 0.6 is 0 Å². The van der Waals surface area contributed by atoms with Gasteiger partial charge in [-0.2, -0.15) is 0 Å². The van der Waals surface area contributed by atoms with Gasteiger partial charge in [0.1, 0.15) is 18.3 Å². The Morgan fingerprint density at radius 2 is 0.825 bits per heavy atom. The minimum Gasteiger partial charge on any atom is -0.376 e. The van der Waals surface area contributed by atoms with Crippen molar-refractivity contribution in [1.29, 1.82) is 0 Å². The minimum absolute atomic E-state index is 0.00824. The summed E-state index contributed by atoms with van der Waals surface area (Å²) in [6.45, 7) is 2.51. The summed E-state index contributed by atoms with van der Waals surface area (Å²) >= 11 is 0. The highest BCUT2D eigenvalue weighted by Gasteiger charge is 2.62. The molecule has 6 rings (SSSR count). The van der Waals surface area contributed by atoms with Crippen molar-refractivity contribution in [3.8, 4) is 0 Å². The van der Waals surface area contributed by atoms with Crippen LogP contribution in [0.5, 0.6) is 0 Å². The van der Waals surface area contributed by atoms with Crippen LogP contribution in [-0.4, -0.2) is 37.1 Å². The smallest absolute Gasteiger partial charge is 0.115 e. The Kier molecular flexibility index (Phi) is 8.98. The Morgan fingerprint density at radius 3 is 1.30 bits per heavy atom. The van der Waals surface area contributed by atoms with Gasteiger partial charge in [0, 0.05) is 5.92 Å². The number of epoxide rings is 1. The summed E-state index contributed by atoms with van der Waals surface area (Å²) in [4.78, 5) is 0. The number of rotatable bonds is 13. The van der Waals surface area contributed by atoms with E-state index in [1.807, 2.05) is 72.8 Å². The number of hydrogen-bond acceptors (Lipinski definition) is 5. The van der Waals surface area contributed by atoms with Gasteiger partial charge in [-0.1, -0.05) is 121 Å². The Labute approximate surface area is 236 Å². The molecule has 0 unspecified atom stereocenters. The molecule has 2 fully saturated rings. The van der Waals surface area contributed by atoms with Crippen molar-refractivity contribution in [2.45, 2.75) is 56.9 Å². The van der Waals surface area contributed by atoms with Gasteiger partial charge in [-0.25, -0.2) is 0 Å². The fourth-order valence-corrected chi connectivity index (χ4v) is 5.52. The Balaban J connectivity index is 1.23. The van der Waals surface area contributed by atoms with E-state index in [2.05, 4.69) is 48.5 Å². The van der Waals surface area contributed by atoms with Crippen LogP contribution < -0.4 is 0 Å². The molecule has 1 saturated carbocycles. The van der Waals surface area contributed by atoms with E-state index in [1.165, 1.54) is 0 Å². The zero-order chi connectivity index (χ0) is 27.0. The molecule has 1 aliphatic heterocycles. The van der Waals surface area contributed by atoms with Crippen LogP contribution in [0.25, 0.3) is 0 Å². The molecule has 0 amide bonds. The lowest BCUT2D eigenvalue weighted by molar-refractivity contribution is -0.185. The summed E-state index contributed by atoms with van der Waals surface area (Å²) in [5, 5.41) is 0. The van der Waals surface area contributed by atoms with Gasteiger partial charge in [0.2, 0.25) is 0 Å². The predicted molar refractivity (Wildman–Crippen MR) is 153 cm³/mol. The van der Waals surface area contributed by atoms with Crippen LogP contribution in [0.1, 0.15) is 22.3 Å². The molecule has 4 aromatic rings. The minimum atomic E-state index is -0.318. The van der Waals surface area contributed by atoms with Crippen molar-refractivity contribution in [1.82, 2.24) is 0 Å². The zero-order valence-electron chi connectivity index (χ0n) is 22.6. The summed E-state index contributed by atoms with van der Waals surface area (Å²) in [5.41, 5.74) is 4.50. The largest absolute Gasteiger partial charge is 0.376 e. The standard InChI is InChI=1S/C35H36O5/c1-5-13-26(14-6-1)21-36-25-30-31(37-22-27-15-7-2-8-16-27)33(38-23-28-17-9-3-10-18-28)34(35-32(30)40-35)39-24-29-19-11-4-12-20-29/h1-20,30-35H,21-25H2/t30-,31+,32-,33+,34-,35-/m1/s1. The second-order valence-electron chi connectivity index (χ2n) is 10.5. The van der Waals surface area contributed by atoms with Crippen molar-refractivity contribution in [3.63, 3.8) is 0 Å². The predicted octanol–water partition coefficient (Wildman–Crippen LogP) is 6.36. The number of hydrogen-bond donors (Lipinski definition) is 0. The average Bonchev–Trinajstić information content (AvgIpc) is 3.82. The summed E-state index contributed by atoms with van der Waals surface area (Å²) < 4.78 is 32.5. The molecule has 1 heterocycles. The molecule has 5 heteroatoms. The molecule has 0 bridgehead atoms. The van der Waals surface area contributed by atoms with Crippen molar-refractivity contribution in [2.75, 3.05) is 6.61 Å². The molecule has 1 saturated heterocycles. The lowest BCUT2D eigenvalue weighted by Gasteiger charge is -2.40. The summed E-state index contributed by atoms with van der Waals surface area (Å²) in [5.74, 6) is 0.0229. The quantitative estimate of drug-likeness (QED) is 0.186. The summed E-state index contributed by atoms with van der Waals surface area (Å²) in [6, 6.07) is 41.0. The molecule has 0 spiro atoms. The molecule has 0 aromatic heterocycles. The van der Waals surface area contributed by atoms with Crippen molar-refractivity contribution < 1.29 is 23.7 Å². The lowest BCUT2D eigenvalue weighted by Crippen LogP contribution is -2.55. The van der Waals surface area contributed by atoms with E-state index in [0.717, 1.165) is 22.3 Å². The summed E-state index contributed by atoms with van der Waals surface area (Å²) in [6.07, 6.45) is -0.869. The van der Waals surface area contributed by atoms with Crippen LogP contribution in [0.3, 0.4) is 0 Å². The maximum atomic E-state index is 6.70. The molecule has 6 atom stereocenters. The van der Waals surface area contributed by atoms with Crippen molar-refractivity contribution >= 4 is 0 Å². The highest BCUT2D eigenvalue weighted by molar-refractivity contribution is 5.18. The van der Waals surface area contributed by atoms with E-state index >= 15 is 0 Å². The number of fused-ring (bicyclic) bond motifs is 1. The molecule has 2 aliphatic rings. The first-order chi connectivity index (χ1) is 19.8. The van der Waals surface area contributed by atoms with Gasteiger partial charge < -0.3 is 23.7 Å². The average molecular weight is 537 g/mol. The van der Waals surface area contributed by atoms with Crippen LogP contribution in [0.2, 0.25) is 0 Å². The Hall–Kier alpha value is -3.32. The van der Waals surface area contributed by atoms with Crippen LogP contribution in [-0.2, 0) is 50.1 Å². The highest BCUT2D eigenvalue weighted by Crippen LogP contribution is 2.45. The fourth-order valence-electron chi connectivity index (χ4n) is 5.52. The number of benzene rings is 4. The molecule has 0 radical (unpaired) electrons. The first-order valence-corrected chi connectivity index (χ1v) is 14.1. The lowest BCUT2D eigenvalue weighted by atomic mass is 9.82. The molecule has 1 aliphatic carbocycles. The van der Waals surface area contributed by atoms with E-state index in [1.54, 1.807) is 0 Å². The van der Waals surface area contributed by atoms with E-state index in [-0.39, 0.29) is 36.4 Å². The number of ether oxygens (including phenoxy) is 5. The van der Waals surface area contributed by atoms with Gasteiger partial charge in [-0.3, -0.25) is 0 Å². The van der Waals surface area contributed by atoms with Crippen molar-refractivity contribution in [3.05, 3.63) is 144 Å².